The van der Waals surface area contributed by atoms with Gasteiger partial charge in [0, 0.05) is 5.69 Å². The first-order valence-corrected chi connectivity index (χ1v) is 7.42. The average Bonchev–Trinajstić information content (AvgIpc) is 2.61. The van der Waals surface area contributed by atoms with E-state index in [0.29, 0.717) is 23.0 Å². The van der Waals surface area contributed by atoms with E-state index in [4.69, 9.17) is 15.2 Å². The van der Waals surface area contributed by atoms with Gasteiger partial charge in [-0.1, -0.05) is 29.8 Å². The predicted octanol–water partition coefficient (Wildman–Crippen LogP) is 3.91. The first kappa shape index (κ1) is 15.6. The lowest BCUT2D eigenvalue weighted by atomic mass is 10.2. The average molecular weight is 322 g/mol. The molecule has 122 valence electrons. The summed E-state index contributed by atoms with van der Waals surface area (Å²) in [5.74, 6) is 1.89. The summed E-state index contributed by atoms with van der Waals surface area (Å²) in [7, 11) is 1.58. The zero-order chi connectivity index (χ0) is 16.9. The van der Waals surface area contributed by atoms with Gasteiger partial charge in [-0.3, -0.25) is 0 Å². The number of aryl methyl sites for hydroxylation is 1. The van der Waals surface area contributed by atoms with Crippen molar-refractivity contribution in [3.63, 3.8) is 0 Å². The maximum atomic E-state index is 6.15. The molecule has 0 radical (unpaired) electrons. The van der Waals surface area contributed by atoms with Gasteiger partial charge >= 0.3 is 0 Å². The Hall–Kier alpha value is -3.28. The molecule has 3 aromatic rings. The number of nitrogens with zero attached hydrogens (tertiary/aromatic N) is 2. The van der Waals surface area contributed by atoms with Crippen LogP contribution in [-0.4, -0.2) is 17.1 Å². The van der Waals surface area contributed by atoms with Crippen molar-refractivity contribution >= 4 is 17.2 Å². The molecule has 0 atom stereocenters. The van der Waals surface area contributed by atoms with E-state index in [2.05, 4.69) is 15.3 Å². The Bertz CT molecular complexity index is 835. The van der Waals surface area contributed by atoms with Gasteiger partial charge in [-0.05, 0) is 31.2 Å². The normalized spacial score (nSPS) is 10.2. The molecule has 2 aromatic carbocycles. The van der Waals surface area contributed by atoms with Crippen molar-refractivity contribution in [2.75, 3.05) is 18.2 Å². The SMILES string of the molecule is COc1ccccc1Oc1ncnc(Nc2ccc(C)cc2)c1N. The number of hydrogen-bond donors (Lipinski definition) is 2. The quantitative estimate of drug-likeness (QED) is 0.741. The molecular formula is C18H18N4O2. The van der Waals surface area contributed by atoms with Crippen LogP contribution in [0.3, 0.4) is 0 Å². The topological polar surface area (TPSA) is 82.3 Å². The number of methoxy groups -OCH3 is 1. The first-order chi connectivity index (χ1) is 11.7. The lowest BCUT2D eigenvalue weighted by molar-refractivity contribution is 0.374. The number of nitrogens with one attached hydrogen (secondary N) is 1. The third-order valence-corrected chi connectivity index (χ3v) is 3.44. The van der Waals surface area contributed by atoms with Crippen LogP contribution in [0.25, 0.3) is 0 Å². The summed E-state index contributed by atoms with van der Waals surface area (Å²) in [5, 5.41) is 3.17. The van der Waals surface area contributed by atoms with Crippen molar-refractivity contribution < 1.29 is 9.47 Å². The van der Waals surface area contributed by atoms with Crippen LogP contribution < -0.4 is 20.5 Å². The summed E-state index contributed by atoms with van der Waals surface area (Å²) in [4.78, 5) is 8.29. The number of nitrogen functional groups attached to an aromatic ring is 1. The summed E-state index contributed by atoms with van der Waals surface area (Å²) in [6.07, 6.45) is 1.40. The largest absolute Gasteiger partial charge is 0.493 e. The van der Waals surface area contributed by atoms with Crippen molar-refractivity contribution in [3.05, 3.63) is 60.4 Å². The van der Waals surface area contributed by atoms with Crippen molar-refractivity contribution in [1.82, 2.24) is 9.97 Å². The maximum absolute atomic E-state index is 6.15. The van der Waals surface area contributed by atoms with Gasteiger partial charge < -0.3 is 20.5 Å². The Morgan fingerprint density at radius 2 is 1.67 bits per heavy atom. The van der Waals surface area contributed by atoms with Crippen LogP contribution in [0.15, 0.2) is 54.9 Å². The molecule has 0 aliphatic rings. The lowest BCUT2D eigenvalue weighted by Crippen LogP contribution is -2.03. The third-order valence-electron chi connectivity index (χ3n) is 3.44. The molecule has 0 aliphatic heterocycles. The minimum atomic E-state index is 0.268. The molecule has 24 heavy (non-hydrogen) atoms. The molecule has 1 aromatic heterocycles. The number of para-hydroxylation sites is 2. The van der Waals surface area contributed by atoms with Crippen LogP contribution in [0.2, 0.25) is 0 Å². The van der Waals surface area contributed by atoms with E-state index in [9.17, 15) is 0 Å². The molecule has 0 aliphatic carbocycles. The molecule has 0 unspecified atom stereocenters. The fourth-order valence-corrected chi connectivity index (χ4v) is 2.14. The van der Waals surface area contributed by atoms with Crippen LogP contribution in [0.5, 0.6) is 17.4 Å². The monoisotopic (exact) mass is 322 g/mol. The van der Waals surface area contributed by atoms with E-state index >= 15 is 0 Å². The third kappa shape index (κ3) is 3.38. The fraction of sp³-hybridized carbons (Fsp3) is 0.111. The molecular weight excluding hydrogens is 304 g/mol. The Morgan fingerprint density at radius 3 is 2.38 bits per heavy atom. The summed E-state index contributed by atoms with van der Waals surface area (Å²) >= 11 is 0. The van der Waals surface area contributed by atoms with Crippen LogP contribution in [0, 0.1) is 6.92 Å². The number of hydrogen-bond acceptors (Lipinski definition) is 6. The van der Waals surface area contributed by atoms with Gasteiger partial charge in [0.1, 0.15) is 12.0 Å². The van der Waals surface area contributed by atoms with Gasteiger partial charge in [0.25, 0.3) is 0 Å². The molecule has 0 bridgehead atoms. The number of rotatable bonds is 5. The van der Waals surface area contributed by atoms with Gasteiger partial charge in [-0.2, -0.15) is 4.98 Å². The van der Waals surface area contributed by atoms with E-state index in [1.807, 2.05) is 43.3 Å². The van der Waals surface area contributed by atoms with Gasteiger partial charge in [-0.25, -0.2) is 4.98 Å². The molecule has 6 heteroatoms. The lowest BCUT2D eigenvalue weighted by Gasteiger charge is -2.13. The Kier molecular flexibility index (Phi) is 4.47. The molecule has 3 N–H and O–H groups in total. The Balaban J connectivity index is 1.86. The highest BCUT2D eigenvalue weighted by atomic mass is 16.5. The first-order valence-electron chi connectivity index (χ1n) is 7.42. The highest BCUT2D eigenvalue weighted by Gasteiger charge is 2.12. The molecule has 0 amide bonds. The van der Waals surface area contributed by atoms with E-state index in [0.717, 1.165) is 5.69 Å². The smallest absolute Gasteiger partial charge is 0.248 e. The number of aromatic nitrogens is 2. The van der Waals surface area contributed by atoms with Crippen molar-refractivity contribution in [2.24, 2.45) is 0 Å². The standard InChI is InChI=1S/C18H18N4O2/c1-12-7-9-13(10-8-12)22-17-16(19)18(21-11-20-17)24-15-6-4-3-5-14(15)23-2/h3-11H,19H2,1-2H3,(H,20,21,22). The zero-order valence-electron chi connectivity index (χ0n) is 13.5. The second-order valence-electron chi connectivity index (χ2n) is 5.19. The molecule has 6 nitrogen and oxygen atoms in total. The van der Waals surface area contributed by atoms with Crippen molar-refractivity contribution in [3.8, 4) is 17.4 Å². The molecule has 0 spiro atoms. The molecule has 0 saturated heterocycles. The van der Waals surface area contributed by atoms with Gasteiger partial charge in [0.2, 0.25) is 5.88 Å². The maximum Gasteiger partial charge on any atom is 0.248 e. The van der Waals surface area contributed by atoms with Gasteiger partial charge in [0.05, 0.1) is 7.11 Å². The van der Waals surface area contributed by atoms with Crippen LogP contribution >= 0.6 is 0 Å². The summed E-state index contributed by atoms with van der Waals surface area (Å²) in [6.45, 7) is 2.03. The fourth-order valence-electron chi connectivity index (χ4n) is 2.14. The minimum Gasteiger partial charge on any atom is -0.493 e. The second-order valence-corrected chi connectivity index (χ2v) is 5.19. The highest BCUT2D eigenvalue weighted by molar-refractivity contribution is 5.72. The summed E-state index contributed by atoms with van der Waals surface area (Å²) in [5.41, 5.74) is 8.53. The van der Waals surface area contributed by atoms with E-state index < -0.39 is 0 Å². The highest BCUT2D eigenvalue weighted by Crippen LogP contribution is 2.35. The number of ether oxygens (including phenoxy) is 2. The van der Waals surface area contributed by atoms with E-state index in [-0.39, 0.29) is 5.88 Å². The van der Waals surface area contributed by atoms with Crippen LogP contribution in [-0.2, 0) is 0 Å². The van der Waals surface area contributed by atoms with E-state index in [1.54, 1.807) is 19.2 Å². The second kappa shape index (κ2) is 6.87. The Morgan fingerprint density at radius 1 is 0.958 bits per heavy atom. The Labute approximate surface area is 140 Å². The van der Waals surface area contributed by atoms with Crippen molar-refractivity contribution in [1.29, 1.82) is 0 Å². The summed E-state index contributed by atoms with van der Waals surface area (Å²) < 4.78 is 11.1. The molecule has 0 saturated carbocycles. The number of benzene rings is 2. The minimum absolute atomic E-state index is 0.268. The number of anilines is 3. The zero-order valence-corrected chi connectivity index (χ0v) is 13.5. The van der Waals surface area contributed by atoms with Crippen LogP contribution in [0.4, 0.5) is 17.2 Å². The summed E-state index contributed by atoms with van der Waals surface area (Å²) in [6, 6.07) is 15.2. The predicted molar refractivity (Wildman–Crippen MR) is 94.0 cm³/mol. The molecule has 3 rings (SSSR count). The van der Waals surface area contributed by atoms with Gasteiger partial charge in [0.15, 0.2) is 17.3 Å². The van der Waals surface area contributed by atoms with E-state index in [1.165, 1.54) is 11.9 Å². The number of nitrogens with two attached hydrogens (primary N) is 1. The van der Waals surface area contributed by atoms with Gasteiger partial charge in [-0.15, -0.1) is 0 Å². The van der Waals surface area contributed by atoms with Crippen LogP contribution in [0.1, 0.15) is 5.56 Å². The van der Waals surface area contributed by atoms with Crippen molar-refractivity contribution in [2.45, 2.75) is 6.92 Å². The molecule has 0 fully saturated rings. The molecule has 1 heterocycles.